The molecule has 0 unspecified atom stereocenters. The summed E-state index contributed by atoms with van der Waals surface area (Å²) < 4.78 is 7.49. The number of ether oxygens (including phenoxy) is 1. The number of carbonyl (C=O) groups is 1. The number of carbonyl (C=O) groups excluding carboxylic acids is 1. The van der Waals surface area contributed by atoms with Gasteiger partial charge in [-0.15, -0.1) is 5.10 Å². The van der Waals surface area contributed by atoms with Crippen LogP contribution in [0.4, 0.5) is 4.79 Å². The number of nitrogens with zero attached hydrogens (tertiary/aromatic N) is 4. The third-order valence-electron chi connectivity index (χ3n) is 3.68. The van der Waals surface area contributed by atoms with E-state index in [9.17, 15) is 4.79 Å². The van der Waals surface area contributed by atoms with Crippen LogP contribution in [0.2, 0.25) is 0 Å². The molecule has 1 aromatic heterocycles. The van der Waals surface area contributed by atoms with E-state index in [1.807, 2.05) is 11.1 Å². The highest BCUT2D eigenvalue weighted by atomic mass is 16.5. The molecule has 1 fully saturated rings. The summed E-state index contributed by atoms with van der Waals surface area (Å²) in [5, 5.41) is 10.6. The van der Waals surface area contributed by atoms with Gasteiger partial charge in [0.05, 0.1) is 24.9 Å². The Hall–Kier alpha value is -1.63. The predicted octanol–water partition coefficient (Wildman–Crippen LogP) is 0.879. The first-order valence-electron chi connectivity index (χ1n) is 7.14. The average Bonchev–Trinajstić information content (AvgIpc) is 2.96. The van der Waals surface area contributed by atoms with Gasteiger partial charge < -0.3 is 15.0 Å². The molecule has 2 amide bonds. The van der Waals surface area contributed by atoms with Gasteiger partial charge in [0.2, 0.25) is 0 Å². The Morgan fingerprint density at radius 1 is 1.55 bits per heavy atom. The molecule has 1 atom stereocenters. The minimum Gasteiger partial charge on any atom is -0.372 e. The van der Waals surface area contributed by atoms with Gasteiger partial charge in [0.1, 0.15) is 0 Å². The third kappa shape index (κ3) is 3.93. The van der Waals surface area contributed by atoms with Crippen LogP contribution in [-0.4, -0.2) is 57.8 Å². The number of amides is 2. The Kier molecular flexibility index (Phi) is 4.94. The Balaban J connectivity index is 1.69. The summed E-state index contributed by atoms with van der Waals surface area (Å²) in [6.07, 6.45) is 5.21. The molecule has 2 heterocycles. The zero-order valence-corrected chi connectivity index (χ0v) is 12.2. The summed E-state index contributed by atoms with van der Waals surface area (Å²) in [5.74, 6) is 0. The molecule has 0 aliphatic carbocycles. The Morgan fingerprint density at radius 2 is 2.40 bits per heavy atom. The molecule has 0 aromatic carbocycles. The molecule has 1 N–H and O–H groups in total. The van der Waals surface area contributed by atoms with Gasteiger partial charge in [-0.25, -0.2) is 4.79 Å². The molecule has 1 aliphatic heterocycles. The number of morpholine rings is 1. The lowest BCUT2D eigenvalue weighted by Crippen LogP contribution is -2.54. The van der Waals surface area contributed by atoms with Crippen LogP contribution >= 0.6 is 0 Å². The molecule has 20 heavy (non-hydrogen) atoms. The van der Waals surface area contributed by atoms with Crippen LogP contribution in [0, 0.1) is 0 Å². The van der Waals surface area contributed by atoms with Crippen LogP contribution in [-0.2, 0) is 11.3 Å². The first-order chi connectivity index (χ1) is 9.63. The van der Waals surface area contributed by atoms with Gasteiger partial charge in [0, 0.05) is 25.8 Å². The lowest BCUT2D eigenvalue weighted by molar-refractivity contribution is -0.0872. The highest BCUT2D eigenvalue weighted by Gasteiger charge is 2.32. The number of hydrogen-bond acceptors (Lipinski definition) is 4. The Morgan fingerprint density at radius 3 is 3.10 bits per heavy atom. The topological polar surface area (TPSA) is 72.3 Å². The molecule has 7 heteroatoms. The second-order valence-electron chi connectivity index (χ2n) is 5.33. The van der Waals surface area contributed by atoms with Crippen molar-refractivity contribution in [3.8, 4) is 0 Å². The molecule has 0 bridgehead atoms. The van der Waals surface area contributed by atoms with Crippen LogP contribution in [0.5, 0.6) is 0 Å². The molecule has 0 saturated carbocycles. The van der Waals surface area contributed by atoms with Crippen molar-refractivity contribution in [1.82, 2.24) is 25.2 Å². The maximum absolute atomic E-state index is 12.1. The van der Waals surface area contributed by atoms with E-state index in [4.69, 9.17) is 4.74 Å². The van der Waals surface area contributed by atoms with E-state index in [1.54, 1.807) is 10.9 Å². The quantitative estimate of drug-likeness (QED) is 0.813. The second kappa shape index (κ2) is 6.69. The van der Waals surface area contributed by atoms with Crippen LogP contribution in [0.3, 0.4) is 0 Å². The van der Waals surface area contributed by atoms with Crippen molar-refractivity contribution in [2.45, 2.75) is 38.8 Å². The van der Waals surface area contributed by atoms with Crippen molar-refractivity contribution in [1.29, 1.82) is 0 Å². The summed E-state index contributed by atoms with van der Waals surface area (Å²) in [6, 6.07) is -0.00781. The van der Waals surface area contributed by atoms with E-state index in [2.05, 4.69) is 29.5 Å². The number of rotatable bonds is 5. The number of urea groups is 1. The minimum atomic E-state index is -0.212. The van der Waals surface area contributed by atoms with Crippen molar-refractivity contribution in [2.24, 2.45) is 0 Å². The van der Waals surface area contributed by atoms with Gasteiger partial charge in [-0.2, -0.15) is 0 Å². The summed E-state index contributed by atoms with van der Waals surface area (Å²) in [4.78, 5) is 13.9. The summed E-state index contributed by atoms with van der Waals surface area (Å²) in [5.41, 5.74) is -0.212. The van der Waals surface area contributed by atoms with Crippen LogP contribution in [0.25, 0.3) is 0 Å². The van der Waals surface area contributed by atoms with E-state index < -0.39 is 0 Å². The minimum absolute atomic E-state index is 0.00781. The van der Waals surface area contributed by atoms with Crippen molar-refractivity contribution in [3.05, 3.63) is 12.4 Å². The van der Waals surface area contributed by atoms with Crippen molar-refractivity contribution in [3.63, 3.8) is 0 Å². The van der Waals surface area contributed by atoms with Crippen LogP contribution in [0.15, 0.2) is 12.4 Å². The van der Waals surface area contributed by atoms with Crippen molar-refractivity contribution >= 4 is 6.03 Å². The smallest absolute Gasteiger partial charge is 0.317 e. The highest BCUT2D eigenvalue weighted by molar-refractivity contribution is 5.74. The first-order valence-corrected chi connectivity index (χ1v) is 7.14. The number of nitrogens with one attached hydrogen (secondary N) is 1. The SMILES string of the molecule is CC[C@@]1(C)CN(C(=O)NCCCn2ccnn2)CCO1. The molecule has 0 radical (unpaired) electrons. The van der Waals surface area contributed by atoms with Gasteiger partial charge in [-0.3, -0.25) is 4.68 Å². The summed E-state index contributed by atoms with van der Waals surface area (Å²) in [6.45, 7) is 7.45. The molecule has 7 nitrogen and oxygen atoms in total. The van der Waals surface area contributed by atoms with E-state index in [0.717, 1.165) is 19.4 Å². The summed E-state index contributed by atoms with van der Waals surface area (Å²) in [7, 11) is 0. The van der Waals surface area contributed by atoms with E-state index in [1.165, 1.54) is 0 Å². The average molecular weight is 281 g/mol. The number of aromatic nitrogens is 3. The molecule has 112 valence electrons. The molecule has 0 spiro atoms. The lowest BCUT2D eigenvalue weighted by atomic mass is 10.0. The van der Waals surface area contributed by atoms with Crippen LogP contribution < -0.4 is 5.32 Å². The Bertz CT molecular complexity index is 422. The number of hydrogen-bond donors (Lipinski definition) is 1. The second-order valence-corrected chi connectivity index (χ2v) is 5.33. The summed E-state index contributed by atoms with van der Waals surface area (Å²) >= 11 is 0. The fourth-order valence-corrected chi connectivity index (χ4v) is 2.22. The van der Waals surface area contributed by atoms with Gasteiger partial charge in [0.15, 0.2) is 0 Å². The maximum Gasteiger partial charge on any atom is 0.317 e. The monoisotopic (exact) mass is 281 g/mol. The molecule has 1 aliphatic rings. The molecule has 1 saturated heterocycles. The van der Waals surface area contributed by atoms with E-state index in [0.29, 0.717) is 26.2 Å². The largest absolute Gasteiger partial charge is 0.372 e. The third-order valence-corrected chi connectivity index (χ3v) is 3.68. The molecular weight excluding hydrogens is 258 g/mol. The van der Waals surface area contributed by atoms with Gasteiger partial charge >= 0.3 is 6.03 Å². The van der Waals surface area contributed by atoms with E-state index >= 15 is 0 Å². The van der Waals surface area contributed by atoms with E-state index in [-0.39, 0.29) is 11.6 Å². The number of aryl methyl sites for hydroxylation is 1. The van der Waals surface area contributed by atoms with Gasteiger partial charge in [-0.1, -0.05) is 12.1 Å². The van der Waals surface area contributed by atoms with Crippen molar-refractivity contribution in [2.75, 3.05) is 26.2 Å². The normalized spacial score (nSPS) is 22.8. The maximum atomic E-state index is 12.1. The fourth-order valence-electron chi connectivity index (χ4n) is 2.22. The lowest BCUT2D eigenvalue weighted by Gasteiger charge is -2.39. The fraction of sp³-hybridized carbons (Fsp3) is 0.769. The highest BCUT2D eigenvalue weighted by Crippen LogP contribution is 2.20. The molecular formula is C13H23N5O2. The molecule has 1 aromatic rings. The van der Waals surface area contributed by atoms with Gasteiger partial charge in [-0.05, 0) is 19.8 Å². The van der Waals surface area contributed by atoms with Crippen molar-refractivity contribution < 1.29 is 9.53 Å². The zero-order valence-electron chi connectivity index (χ0n) is 12.2. The van der Waals surface area contributed by atoms with Gasteiger partial charge in [0.25, 0.3) is 0 Å². The standard InChI is InChI=1S/C13H23N5O2/c1-3-13(2)11-17(9-10-20-13)12(19)14-5-4-7-18-8-6-15-16-18/h6,8H,3-5,7,9-11H2,1-2H3,(H,14,19)/t13-/m0/s1. The van der Waals surface area contributed by atoms with Crippen LogP contribution in [0.1, 0.15) is 26.7 Å². The first kappa shape index (κ1) is 14.8. The predicted molar refractivity (Wildman–Crippen MR) is 74.3 cm³/mol. The zero-order chi connectivity index (χ0) is 14.4. The molecule has 2 rings (SSSR count). The Labute approximate surface area is 119 Å².